The lowest BCUT2D eigenvalue weighted by atomic mass is 9.94. The van der Waals surface area contributed by atoms with Crippen molar-refractivity contribution in [1.29, 1.82) is 0 Å². The van der Waals surface area contributed by atoms with Crippen molar-refractivity contribution < 1.29 is 28.6 Å². The number of unbranched alkanes of at least 4 members (excludes halogenated alkanes) is 1. The van der Waals surface area contributed by atoms with Gasteiger partial charge in [-0.3, -0.25) is 19.4 Å². The molecule has 3 aliphatic heterocycles. The second kappa shape index (κ2) is 14.2. The molecule has 2 atom stereocenters. The standard InChI is InChI=1S/C30H47N5O6/c1-6-7-12-33(13-8-11-31(2)3)28(37)20-35-19-23(22-17-25(39-5)29-26(18-22)40-21-41-29)16-24(35)9-14-34-15-10-27(36)32(4)30(34)38/h17-18,23-24H,6-16,19-21H2,1-5H3/t23-,24+/m1/s1. The highest BCUT2D eigenvalue weighted by Gasteiger charge is 2.37. The normalized spacial score (nSPS) is 20.8. The Bertz CT molecular complexity index is 1080. The van der Waals surface area contributed by atoms with Crippen LogP contribution in [0.15, 0.2) is 12.1 Å². The van der Waals surface area contributed by atoms with Gasteiger partial charge in [0.1, 0.15) is 0 Å². The summed E-state index contributed by atoms with van der Waals surface area (Å²) in [5, 5.41) is 0. The minimum absolute atomic E-state index is 0.117. The van der Waals surface area contributed by atoms with E-state index in [9.17, 15) is 14.4 Å². The van der Waals surface area contributed by atoms with E-state index in [-0.39, 0.29) is 36.6 Å². The second-order valence-corrected chi connectivity index (χ2v) is 11.6. The number of nitrogens with zero attached hydrogens (tertiary/aromatic N) is 5. The molecule has 3 aliphatic rings. The number of amides is 4. The highest BCUT2D eigenvalue weighted by molar-refractivity contribution is 5.96. The van der Waals surface area contributed by atoms with Crippen molar-refractivity contribution in [3.8, 4) is 17.2 Å². The van der Waals surface area contributed by atoms with Gasteiger partial charge in [-0.15, -0.1) is 0 Å². The van der Waals surface area contributed by atoms with Gasteiger partial charge in [-0.2, -0.15) is 0 Å². The van der Waals surface area contributed by atoms with Crippen LogP contribution in [-0.4, -0.2) is 129 Å². The Hall–Kier alpha value is -3.05. The maximum atomic E-state index is 13.7. The number of urea groups is 1. The van der Waals surface area contributed by atoms with Gasteiger partial charge in [0.25, 0.3) is 0 Å². The third-order valence-corrected chi connectivity index (χ3v) is 8.45. The van der Waals surface area contributed by atoms with Crippen LogP contribution in [0.2, 0.25) is 0 Å². The first-order valence-corrected chi connectivity index (χ1v) is 14.9. The first-order chi connectivity index (χ1) is 19.7. The fourth-order valence-electron chi connectivity index (χ4n) is 5.99. The third kappa shape index (κ3) is 7.62. The van der Waals surface area contributed by atoms with Crippen molar-refractivity contribution in [1.82, 2.24) is 24.5 Å². The molecular weight excluding hydrogens is 526 g/mol. The van der Waals surface area contributed by atoms with E-state index in [2.05, 4.69) is 30.8 Å². The highest BCUT2D eigenvalue weighted by atomic mass is 16.7. The number of carbonyl (C=O) groups is 3. The Morgan fingerprint density at radius 1 is 1.12 bits per heavy atom. The van der Waals surface area contributed by atoms with Crippen molar-refractivity contribution in [3.63, 3.8) is 0 Å². The van der Waals surface area contributed by atoms with Crippen LogP contribution in [0.25, 0.3) is 0 Å². The lowest BCUT2D eigenvalue weighted by molar-refractivity contribution is -0.133. The minimum Gasteiger partial charge on any atom is -0.493 e. The molecule has 0 aliphatic carbocycles. The molecule has 228 valence electrons. The molecule has 2 saturated heterocycles. The summed E-state index contributed by atoms with van der Waals surface area (Å²) in [4.78, 5) is 47.8. The maximum Gasteiger partial charge on any atom is 0.326 e. The van der Waals surface area contributed by atoms with Gasteiger partial charge in [0.05, 0.1) is 13.7 Å². The molecule has 0 spiro atoms. The molecule has 41 heavy (non-hydrogen) atoms. The molecule has 0 unspecified atom stereocenters. The minimum atomic E-state index is -0.245. The Kier molecular flexibility index (Phi) is 10.7. The third-order valence-electron chi connectivity index (χ3n) is 8.45. The smallest absolute Gasteiger partial charge is 0.326 e. The van der Waals surface area contributed by atoms with Gasteiger partial charge in [-0.25, -0.2) is 4.79 Å². The summed E-state index contributed by atoms with van der Waals surface area (Å²) in [6.45, 7) is 6.84. The molecule has 0 bridgehead atoms. The number of ether oxygens (including phenoxy) is 3. The molecule has 4 amide bonds. The molecule has 3 heterocycles. The van der Waals surface area contributed by atoms with Crippen LogP contribution in [0.3, 0.4) is 0 Å². The first kappa shape index (κ1) is 30.9. The summed E-state index contributed by atoms with van der Waals surface area (Å²) < 4.78 is 16.9. The predicted octanol–water partition coefficient (Wildman–Crippen LogP) is 2.84. The van der Waals surface area contributed by atoms with Gasteiger partial charge in [0.2, 0.25) is 24.4 Å². The quantitative estimate of drug-likeness (QED) is 0.336. The molecule has 1 aromatic carbocycles. The molecule has 11 nitrogen and oxygen atoms in total. The molecule has 1 aromatic rings. The molecular formula is C30H47N5O6. The predicted molar refractivity (Wildman–Crippen MR) is 155 cm³/mol. The Morgan fingerprint density at radius 2 is 1.90 bits per heavy atom. The molecule has 0 N–H and O–H groups in total. The number of carbonyl (C=O) groups excluding carboxylic acids is 3. The number of hydrogen-bond acceptors (Lipinski definition) is 8. The Morgan fingerprint density at radius 3 is 2.63 bits per heavy atom. The Balaban J connectivity index is 1.49. The summed E-state index contributed by atoms with van der Waals surface area (Å²) in [5.74, 6) is 2.16. The average molecular weight is 574 g/mol. The summed E-state index contributed by atoms with van der Waals surface area (Å²) in [6, 6.07) is 3.92. The van der Waals surface area contributed by atoms with E-state index in [1.807, 2.05) is 17.0 Å². The average Bonchev–Trinajstić information content (AvgIpc) is 3.59. The number of hydrogen-bond donors (Lipinski definition) is 0. The highest BCUT2D eigenvalue weighted by Crippen LogP contribution is 2.45. The monoisotopic (exact) mass is 573 g/mol. The fraction of sp³-hybridized carbons (Fsp3) is 0.700. The van der Waals surface area contributed by atoms with Crippen molar-refractivity contribution in [2.45, 2.75) is 57.4 Å². The van der Waals surface area contributed by atoms with Crippen LogP contribution in [0.5, 0.6) is 17.2 Å². The lowest BCUT2D eigenvalue weighted by Gasteiger charge is -2.34. The molecule has 2 fully saturated rings. The number of fused-ring (bicyclic) bond motifs is 1. The number of likely N-dealkylation sites (tertiary alicyclic amines) is 1. The zero-order chi connectivity index (χ0) is 29.5. The van der Waals surface area contributed by atoms with E-state index in [0.29, 0.717) is 43.3 Å². The fourth-order valence-corrected chi connectivity index (χ4v) is 5.99. The molecule has 0 aromatic heterocycles. The second-order valence-electron chi connectivity index (χ2n) is 11.6. The molecule has 4 rings (SSSR count). The van der Waals surface area contributed by atoms with Crippen LogP contribution in [0.1, 0.15) is 56.9 Å². The van der Waals surface area contributed by atoms with Gasteiger partial charge >= 0.3 is 6.03 Å². The molecule has 0 radical (unpaired) electrons. The summed E-state index contributed by atoms with van der Waals surface area (Å²) in [7, 11) is 7.28. The van der Waals surface area contributed by atoms with Crippen LogP contribution in [-0.2, 0) is 9.59 Å². The van der Waals surface area contributed by atoms with Crippen molar-refractivity contribution in [3.05, 3.63) is 17.7 Å². The van der Waals surface area contributed by atoms with Crippen LogP contribution in [0.4, 0.5) is 4.79 Å². The van der Waals surface area contributed by atoms with E-state index in [1.165, 1.54) is 4.90 Å². The van der Waals surface area contributed by atoms with Gasteiger partial charge in [-0.05, 0) is 69.9 Å². The molecule has 0 saturated carbocycles. The number of methoxy groups -OCH3 is 1. The van der Waals surface area contributed by atoms with E-state index in [4.69, 9.17) is 14.2 Å². The number of rotatable bonds is 14. The van der Waals surface area contributed by atoms with E-state index < -0.39 is 0 Å². The topological polar surface area (TPSA) is 95.1 Å². The van der Waals surface area contributed by atoms with E-state index in [1.54, 1.807) is 19.1 Å². The molecule has 11 heteroatoms. The number of benzene rings is 1. The van der Waals surface area contributed by atoms with Gasteiger partial charge in [0.15, 0.2) is 11.5 Å². The van der Waals surface area contributed by atoms with Crippen LogP contribution < -0.4 is 14.2 Å². The lowest BCUT2D eigenvalue weighted by Crippen LogP contribution is -2.51. The summed E-state index contributed by atoms with van der Waals surface area (Å²) >= 11 is 0. The van der Waals surface area contributed by atoms with Gasteiger partial charge in [0, 0.05) is 52.2 Å². The SMILES string of the molecule is CCCCN(CCCN(C)C)C(=O)CN1C[C@H](c2cc(OC)c3c(c2)OCO3)C[C@@H]1CCN1CCC(=O)N(C)C1=O. The first-order valence-electron chi connectivity index (χ1n) is 14.9. The van der Waals surface area contributed by atoms with Crippen molar-refractivity contribution >= 4 is 17.8 Å². The Labute approximate surface area is 244 Å². The van der Waals surface area contributed by atoms with Gasteiger partial charge in [-0.1, -0.05) is 13.3 Å². The van der Waals surface area contributed by atoms with Crippen molar-refractivity contribution in [2.75, 3.05) is 80.9 Å². The summed E-state index contributed by atoms with van der Waals surface area (Å²) in [6.07, 6.45) is 4.89. The number of imide groups is 1. The van der Waals surface area contributed by atoms with Crippen molar-refractivity contribution in [2.24, 2.45) is 0 Å². The van der Waals surface area contributed by atoms with Crippen LogP contribution in [0, 0.1) is 0 Å². The van der Waals surface area contributed by atoms with E-state index >= 15 is 0 Å². The summed E-state index contributed by atoms with van der Waals surface area (Å²) in [5.41, 5.74) is 1.10. The maximum absolute atomic E-state index is 13.7. The van der Waals surface area contributed by atoms with E-state index in [0.717, 1.165) is 63.8 Å². The van der Waals surface area contributed by atoms with Gasteiger partial charge < -0.3 is 28.9 Å². The van der Waals surface area contributed by atoms with Crippen LogP contribution >= 0.6 is 0 Å². The largest absolute Gasteiger partial charge is 0.493 e. The zero-order valence-electron chi connectivity index (χ0n) is 25.4. The zero-order valence-corrected chi connectivity index (χ0v) is 25.4.